The highest BCUT2D eigenvalue weighted by Crippen LogP contribution is 2.34. The molecule has 1 saturated heterocycles. The molecular formula is C21H24ClNO3. The molecule has 0 spiro atoms. The molecule has 0 amide bonds. The second kappa shape index (κ2) is 7.57. The summed E-state index contributed by atoms with van der Waals surface area (Å²) in [6, 6.07) is 12.5. The molecule has 4 nitrogen and oxygen atoms in total. The maximum Gasteiger partial charge on any atom is 0.0854 e. The maximum atomic E-state index is 10.1. The number of hydrogen-bond donors (Lipinski definition) is 3. The van der Waals surface area contributed by atoms with Crippen LogP contribution in [0.2, 0.25) is 5.02 Å². The zero-order chi connectivity index (χ0) is 18.1. The van der Waals surface area contributed by atoms with Gasteiger partial charge < -0.3 is 20.3 Å². The number of hydrogen-bond acceptors (Lipinski definition) is 4. The van der Waals surface area contributed by atoms with E-state index in [2.05, 4.69) is 29.6 Å². The maximum absolute atomic E-state index is 10.1. The van der Waals surface area contributed by atoms with E-state index >= 15 is 0 Å². The molecule has 0 bridgehead atoms. The van der Waals surface area contributed by atoms with Crippen LogP contribution < -0.4 is 5.32 Å². The Morgan fingerprint density at radius 1 is 1.15 bits per heavy atom. The summed E-state index contributed by atoms with van der Waals surface area (Å²) in [6.07, 6.45) is 1.88. The Bertz CT molecular complexity index is 795. The van der Waals surface area contributed by atoms with Gasteiger partial charge in [0, 0.05) is 30.1 Å². The molecule has 2 aromatic carbocycles. The van der Waals surface area contributed by atoms with Crippen LogP contribution in [0.5, 0.6) is 0 Å². The lowest BCUT2D eigenvalue weighted by Crippen LogP contribution is -2.33. The average molecular weight is 374 g/mol. The zero-order valence-electron chi connectivity index (χ0n) is 14.6. The van der Waals surface area contributed by atoms with E-state index in [1.54, 1.807) is 0 Å². The summed E-state index contributed by atoms with van der Waals surface area (Å²) in [4.78, 5) is 0. The Labute approximate surface area is 158 Å². The van der Waals surface area contributed by atoms with Crippen LogP contribution >= 0.6 is 11.6 Å². The molecule has 2 aromatic rings. The molecule has 2 aliphatic rings. The van der Waals surface area contributed by atoms with Gasteiger partial charge in [-0.1, -0.05) is 35.9 Å². The third-order valence-corrected chi connectivity index (χ3v) is 5.67. The van der Waals surface area contributed by atoms with Gasteiger partial charge in [0.1, 0.15) is 0 Å². The molecule has 5 heteroatoms. The van der Waals surface area contributed by atoms with Crippen LogP contribution in [0, 0.1) is 0 Å². The number of rotatable bonds is 4. The molecule has 138 valence electrons. The van der Waals surface area contributed by atoms with E-state index in [0.29, 0.717) is 12.8 Å². The highest BCUT2D eigenvalue weighted by molar-refractivity contribution is 6.31. The van der Waals surface area contributed by atoms with Crippen molar-refractivity contribution in [3.05, 3.63) is 63.7 Å². The highest BCUT2D eigenvalue weighted by atomic mass is 35.5. The van der Waals surface area contributed by atoms with Crippen LogP contribution in [0.3, 0.4) is 0 Å². The minimum absolute atomic E-state index is 0.0723. The van der Waals surface area contributed by atoms with Crippen molar-refractivity contribution in [1.82, 2.24) is 0 Å². The normalized spacial score (nSPS) is 25.0. The fraction of sp³-hybridized carbons (Fsp3) is 0.429. The number of aliphatic hydroxyl groups excluding tert-OH is 2. The van der Waals surface area contributed by atoms with Crippen molar-refractivity contribution in [2.24, 2.45) is 0 Å². The second-order valence-electron chi connectivity index (χ2n) is 7.25. The number of benzene rings is 2. The average Bonchev–Trinajstić information content (AvgIpc) is 3.10. The van der Waals surface area contributed by atoms with E-state index in [4.69, 9.17) is 16.3 Å². The van der Waals surface area contributed by atoms with Crippen molar-refractivity contribution in [2.45, 2.75) is 44.0 Å². The lowest BCUT2D eigenvalue weighted by Gasteiger charge is -2.32. The van der Waals surface area contributed by atoms with Gasteiger partial charge in [0.05, 0.1) is 24.9 Å². The summed E-state index contributed by atoms with van der Waals surface area (Å²) >= 11 is 6.44. The van der Waals surface area contributed by atoms with Gasteiger partial charge in [-0.3, -0.25) is 0 Å². The molecule has 3 unspecified atom stereocenters. The SMILES string of the molecule is OCC1CC(O)CC(c2ccc(Cl)c(Cc3ccc4c(c3)CCN4)c2)O1. The minimum atomic E-state index is -0.450. The fourth-order valence-electron chi connectivity index (χ4n) is 3.94. The molecule has 3 atom stereocenters. The third kappa shape index (κ3) is 3.74. The third-order valence-electron chi connectivity index (χ3n) is 5.30. The lowest BCUT2D eigenvalue weighted by molar-refractivity contribution is -0.113. The molecular weight excluding hydrogens is 350 g/mol. The van der Waals surface area contributed by atoms with Gasteiger partial charge in [-0.2, -0.15) is 0 Å². The first-order chi connectivity index (χ1) is 12.6. The molecule has 26 heavy (non-hydrogen) atoms. The largest absolute Gasteiger partial charge is 0.394 e. The van der Waals surface area contributed by atoms with Gasteiger partial charge in [-0.15, -0.1) is 0 Å². The van der Waals surface area contributed by atoms with Crippen LogP contribution in [-0.2, 0) is 17.6 Å². The fourth-order valence-corrected chi connectivity index (χ4v) is 4.13. The lowest BCUT2D eigenvalue weighted by atomic mass is 9.93. The van der Waals surface area contributed by atoms with Crippen LogP contribution in [-0.4, -0.2) is 35.6 Å². The number of halogens is 1. The highest BCUT2D eigenvalue weighted by Gasteiger charge is 2.29. The number of anilines is 1. The van der Waals surface area contributed by atoms with Gasteiger partial charge in [0.25, 0.3) is 0 Å². The Balaban J connectivity index is 1.56. The summed E-state index contributed by atoms with van der Waals surface area (Å²) in [5, 5.41) is 23.6. The van der Waals surface area contributed by atoms with Crippen molar-refractivity contribution in [1.29, 1.82) is 0 Å². The monoisotopic (exact) mass is 373 g/mol. The molecule has 4 rings (SSSR count). The van der Waals surface area contributed by atoms with Crippen molar-refractivity contribution in [3.63, 3.8) is 0 Å². The minimum Gasteiger partial charge on any atom is -0.394 e. The molecule has 1 fully saturated rings. The molecule has 0 aliphatic carbocycles. The van der Waals surface area contributed by atoms with Gasteiger partial charge in [0.15, 0.2) is 0 Å². The molecule has 0 aromatic heterocycles. The second-order valence-corrected chi connectivity index (χ2v) is 7.66. The molecule has 3 N–H and O–H groups in total. The number of aliphatic hydroxyl groups is 2. The summed E-state index contributed by atoms with van der Waals surface area (Å²) in [6.45, 7) is 0.930. The van der Waals surface area contributed by atoms with Crippen molar-refractivity contribution in [3.8, 4) is 0 Å². The first-order valence-electron chi connectivity index (χ1n) is 9.21. The topological polar surface area (TPSA) is 61.7 Å². The Kier molecular flexibility index (Phi) is 5.18. The van der Waals surface area contributed by atoms with E-state index in [9.17, 15) is 10.2 Å². The number of fused-ring (bicyclic) bond motifs is 1. The van der Waals surface area contributed by atoms with Crippen LogP contribution in [0.25, 0.3) is 0 Å². The van der Waals surface area contributed by atoms with Crippen molar-refractivity contribution >= 4 is 17.3 Å². The summed E-state index contributed by atoms with van der Waals surface area (Å²) in [7, 11) is 0. The van der Waals surface area contributed by atoms with Crippen molar-refractivity contribution in [2.75, 3.05) is 18.5 Å². The van der Waals surface area contributed by atoms with Crippen LogP contribution in [0.15, 0.2) is 36.4 Å². The van der Waals surface area contributed by atoms with Gasteiger partial charge in [-0.05, 0) is 47.2 Å². The van der Waals surface area contributed by atoms with E-state index in [0.717, 1.165) is 35.5 Å². The Morgan fingerprint density at radius 3 is 2.88 bits per heavy atom. The van der Waals surface area contributed by atoms with Crippen LogP contribution in [0.4, 0.5) is 5.69 Å². The van der Waals surface area contributed by atoms with Gasteiger partial charge in [-0.25, -0.2) is 0 Å². The van der Waals surface area contributed by atoms with Gasteiger partial charge >= 0.3 is 0 Å². The Hall–Kier alpha value is -1.59. The predicted octanol–water partition coefficient (Wildman–Crippen LogP) is 3.47. The first-order valence-corrected chi connectivity index (χ1v) is 9.58. The molecule has 0 saturated carbocycles. The number of nitrogens with one attached hydrogen (secondary N) is 1. The van der Waals surface area contributed by atoms with Gasteiger partial charge in [0.2, 0.25) is 0 Å². The number of ether oxygens (including phenoxy) is 1. The van der Waals surface area contributed by atoms with Crippen molar-refractivity contribution < 1.29 is 14.9 Å². The Morgan fingerprint density at radius 2 is 2.04 bits per heavy atom. The zero-order valence-corrected chi connectivity index (χ0v) is 15.4. The standard InChI is InChI=1S/C21H24ClNO3/c22-19-3-2-15(21-11-17(25)10-18(12-24)26-21)9-16(19)8-13-1-4-20-14(7-13)5-6-23-20/h1-4,7,9,17-18,21,23-25H,5-6,8,10-12H2. The van der Waals surface area contributed by atoms with Crippen LogP contribution in [0.1, 0.15) is 41.2 Å². The predicted molar refractivity (Wildman–Crippen MR) is 103 cm³/mol. The molecule has 2 aliphatic heterocycles. The summed E-state index contributed by atoms with van der Waals surface area (Å²) in [5.41, 5.74) is 5.89. The van der Waals surface area contributed by atoms with E-state index in [1.165, 1.54) is 16.8 Å². The van der Waals surface area contributed by atoms with E-state index in [1.807, 2.05) is 12.1 Å². The summed E-state index contributed by atoms with van der Waals surface area (Å²) in [5.74, 6) is 0. The van der Waals surface area contributed by atoms with E-state index in [-0.39, 0.29) is 18.8 Å². The molecule has 2 heterocycles. The quantitative estimate of drug-likeness (QED) is 0.768. The molecule has 0 radical (unpaired) electrons. The summed E-state index contributed by atoms with van der Waals surface area (Å²) < 4.78 is 5.94. The smallest absolute Gasteiger partial charge is 0.0854 e. The van der Waals surface area contributed by atoms with E-state index < -0.39 is 6.10 Å². The first kappa shape index (κ1) is 17.8.